The van der Waals surface area contributed by atoms with Crippen molar-refractivity contribution in [2.45, 2.75) is 173 Å². The first-order valence-corrected chi connectivity index (χ1v) is 23.2. The summed E-state index contributed by atoms with van der Waals surface area (Å²) in [5, 5.41) is 3.24. The molecule has 2 rings (SSSR count). The first-order valence-electron chi connectivity index (χ1n) is 23.2. The molecule has 0 radical (unpaired) electrons. The number of methoxy groups -OCH3 is 2. The maximum atomic E-state index is 14.1. The summed E-state index contributed by atoms with van der Waals surface area (Å²) in [6.45, 7) is 8.27. The molecule has 0 saturated carbocycles. The Bertz CT molecular complexity index is 1180. The molecule has 1 aromatic carbocycles. The van der Waals surface area contributed by atoms with Gasteiger partial charge in [0.25, 0.3) is 0 Å². The van der Waals surface area contributed by atoms with E-state index in [1.165, 1.54) is 97.0 Å². The molecule has 0 bridgehead atoms. The van der Waals surface area contributed by atoms with Crippen molar-refractivity contribution in [1.82, 2.24) is 20.0 Å². The van der Waals surface area contributed by atoms with Crippen LogP contribution in [0.15, 0.2) is 36.4 Å². The number of hydrogen-bond donors (Lipinski definition) is 1. The van der Waals surface area contributed by atoms with Crippen molar-refractivity contribution in [3.63, 3.8) is 0 Å². The second kappa shape index (κ2) is 34.0. The van der Waals surface area contributed by atoms with Crippen LogP contribution in [0.1, 0.15) is 167 Å². The van der Waals surface area contributed by atoms with E-state index in [0.29, 0.717) is 32.4 Å². The zero-order valence-corrected chi connectivity index (χ0v) is 37.1. The Kier molecular flexibility index (Phi) is 30.0. The lowest BCUT2D eigenvalue weighted by Gasteiger charge is -2.36. The summed E-state index contributed by atoms with van der Waals surface area (Å²) >= 11 is 0. The summed E-state index contributed by atoms with van der Waals surface area (Å²) < 4.78 is 10.0. The molecule has 9 heteroatoms. The highest BCUT2D eigenvalue weighted by Gasteiger charge is 2.30. The normalized spacial score (nSPS) is 14.2. The van der Waals surface area contributed by atoms with Crippen LogP contribution in [0.4, 0.5) is 0 Å². The van der Waals surface area contributed by atoms with Crippen LogP contribution in [0.3, 0.4) is 0 Å². The van der Waals surface area contributed by atoms with Crippen molar-refractivity contribution in [3.05, 3.63) is 42.0 Å². The zero-order valence-electron chi connectivity index (χ0n) is 37.1. The van der Waals surface area contributed by atoms with Crippen LogP contribution in [0, 0.1) is 0 Å². The molecule has 1 aromatic rings. The molecule has 9 nitrogen and oxygen atoms in total. The third kappa shape index (κ3) is 25.2. The number of esters is 1. The van der Waals surface area contributed by atoms with E-state index in [0.717, 1.165) is 95.4 Å². The predicted molar refractivity (Wildman–Crippen MR) is 237 cm³/mol. The van der Waals surface area contributed by atoms with E-state index in [1.807, 2.05) is 17.0 Å². The third-order valence-corrected chi connectivity index (χ3v) is 11.6. The van der Waals surface area contributed by atoms with Gasteiger partial charge < -0.3 is 24.6 Å². The number of ether oxygens (including phenoxy) is 2. The number of rotatable bonds is 35. The Morgan fingerprint density at radius 3 is 1.84 bits per heavy atom. The molecule has 0 aliphatic carbocycles. The van der Waals surface area contributed by atoms with Crippen molar-refractivity contribution in [1.29, 1.82) is 0 Å². The van der Waals surface area contributed by atoms with Gasteiger partial charge in [0, 0.05) is 58.7 Å². The number of unbranched alkanes of at least 4 members (excludes halogenated alkanes) is 18. The number of allylic oxidation sites excluding steroid dienone is 2. The molecular formula is C48H84N4O5. The highest BCUT2D eigenvalue weighted by molar-refractivity contribution is 5.87. The van der Waals surface area contributed by atoms with Gasteiger partial charge in [0.15, 0.2) is 0 Å². The summed E-state index contributed by atoms with van der Waals surface area (Å²) in [4.78, 5) is 46.2. The average Bonchev–Trinajstić information content (AvgIpc) is 3.22. The number of likely N-dealkylation sites (N-methyl/N-ethyl adjacent to an activating group) is 1. The molecule has 1 unspecified atom stereocenters. The van der Waals surface area contributed by atoms with E-state index in [-0.39, 0.29) is 17.8 Å². The quantitative estimate of drug-likeness (QED) is 0.0416. The lowest BCUT2D eigenvalue weighted by atomic mass is 10.0. The number of carbonyl (C=O) groups is 3. The summed E-state index contributed by atoms with van der Waals surface area (Å²) in [5.41, 5.74) is 1.15. The molecule has 1 aliphatic rings. The second-order valence-corrected chi connectivity index (χ2v) is 16.4. The van der Waals surface area contributed by atoms with Crippen LogP contribution in [0.2, 0.25) is 0 Å². The Morgan fingerprint density at radius 2 is 1.26 bits per heavy atom. The first-order chi connectivity index (χ1) is 27.9. The van der Waals surface area contributed by atoms with Gasteiger partial charge in [0.2, 0.25) is 11.8 Å². The van der Waals surface area contributed by atoms with Crippen LogP contribution < -0.4 is 10.1 Å². The minimum Gasteiger partial charge on any atom is -0.497 e. The topological polar surface area (TPSA) is 91.4 Å². The van der Waals surface area contributed by atoms with Crippen molar-refractivity contribution < 1.29 is 23.9 Å². The number of piperazine rings is 1. The maximum absolute atomic E-state index is 14.1. The van der Waals surface area contributed by atoms with E-state index >= 15 is 0 Å². The smallest absolute Gasteiger partial charge is 0.305 e. The standard InChI is InChI=1S/C48H84N4O5/c1-5-6-7-8-9-10-11-12-13-16-19-22-25-28-45(48(55)49-36-35-43-31-33-44(56-3)34-32-43)52(42-41-51-39-37-50(2)38-40-51)46(53)29-26-23-20-17-14-15-18-21-24-27-30-47(54)57-4/h8-9,31-34,45H,5-7,10-30,35-42H2,1-4H3,(H,49,55)/b9-8-. The molecule has 326 valence electrons. The maximum Gasteiger partial charge on any atom is 0.305 e. The molecular weight excluding hydrogens is 713 g/mol. The van der Waals surface area contributed by atoms with Crippen molar-refractivity contribution in [2.75, 3.05) is 67.1 Å². The first kappa shape index (κ1) is 50.2. The lowest BCUT2D eigenvalue weighted by molar-refractivity contribution is -0.141. The predicted octanol–water partition coefficient (Wildman–Crippen LogP) is 9.91. The molecule has 1 aliphatic heterocycles. The number of amides is 2. The van der Waals surface area contributed by atoms with Crippen molar-refractivity contribution >= 4 is 17.8 Å². The minimum atomic E-state index is -0.437. The van der Waals surface area contributed by atoms with Crippen LogP contribution in [0.25, 0.3) is 0 Å². The molecule has 57 heavy (non-hydrogen) atoms. The molecule has 1 N–H and O–H groups in total. The van der Waals surface area contributed by atoms with Gasteiger partial charge in [-0.3, -0.25) is 19.3 Å². The van der Waals surface area contributed by atoms with E-state index in [2.05, 4.69) is 53.4 Å². The largest absolute Gasteiger partial charge is 0.497 e. The van der Waals surface area contributed by atoms with E-state index in [9.17, 15) is 14.4 Å². The fraction of sp³-hybridized carbons (Fsp3) is 0.771. The fourth-order valence-corrected chi connectivity index (χ4v) is 7.69. The van der Waals surface area contributed by atoms with Gasteiger partial charge in [0.05, 0.1) is 14.2 Å². The average molecular weight is 797 g/mol. The Labute approximate surface area is 349 Å². The molecule has 1 heterocycles. The van der Waals surface area contributed by atoms with Gasteiger partial charge in [0.1, 0.15) is 11.8 Å². The molecule has 1 saturated heterocycles. The van der Waals surface area contributed by atoms with Crippen molar-refractivity contribution in [2.24, 2.45) is 0 Å². The van der Waals surface area contributed by atoms with Crippen molar-refractivity contribution in [3.8, 4) is 5.75 Å². The van der Waals surface area contributed by atoms with E-state index in [4.69, 9.17) is 9.47 Å². The summed E-state index contributed by atoms with van der Waals surface area (Å²) in [7, 11) is 5.29. The monoisotopic (exact) mass is 797 g/mol. The fourth-order valence-electron chi connectivity index (χ4n) is 7.69. The van der Waals surface area contributed by atoms with E-state index in [1.54, 1.807) is 7.11 Å². The number of carbonyl (C=O) groups excluding carboxylic acids is 3. The van der Waals surface area contributed by atoms with Gasteiger partial charge in [-0.2, -0.15) is 0 Å². The lowest BCUT2D eigenvalue weighted by Crippen LogP contribution is -2.53. The number of hydrogen-bond acceptors (Lipinski definition) is 7. The number of nitrogens with one attached hydrogen (secondary N) is 1. The summed E-state index contributed by atoms with van der Waals surface area (Å²) in [5.74, 6) is 0.843. The van der Waals surface area contributed by atoms with Crippen LogP contribution >= 0.6 is 0 Å². The number of nitrogens with zero attached hydrogens (tertiary/aromatic N) is 3. The zero-order chi connectivity index (χ0) is 41.2. The van der Waals surface area contributed by atoms with Crippen LogP contribution in [-0.2, 0) is 25.5 Å². The second-order valence-electron chi connectivity index (χ2n) is 16.4. The van der Waals surface area contributed by atoms with Gasteiger partial charge in [-0.15, -0.1) is 0 Å². The van der Waals surface area contributed by atoms with Gasteiger partial charge in [-0.05, 0) is 69.7 Å². The highest BCUT2D eigenvalue weighted by atomic mass is 16.5. The van der Waals surface area contributed by atoms with Gasteiger partial charge >= 0.3 is 5.97 Å². The third-order valence-electron chi connectivity index (χ3n) is 11.6. The number of benzene rings is 1. The molecule has 0 aromatic heterocycles. The van der Waals surface area contributed by atoms with Crippen LogP contribution in [-0.4, -0.2) is 106 Å². The minimum absolute atomic E-state index is 0.00692. The molecule has 1 fully saturated rings. The van der Waals surface area contributed by atoms with Gasteiger partial charge in [-0.1, -0.05) is 134 Å². The molecule has 2 amide bonds. The summed E-state index contributed by atoms with van der Waals surface area (Å²) in [6, 6.07) is 7.58. The van der Waals surface area contributed by atoms with Crippen LogP contribution in [0.5, 0.6) is 5.75 Å². The summed E-state index contributed by atoms with van der Waals surface area (Å²) in [6.07, 6.45) is 31.5. The SMILES string of the molecule is CCCC/C=C\CCCCCCCCCC(C(=O)NCCc1ccc(OC)cc1)N(CCN1CCN(C)CC1)C(=O)CCCCCCCCCCCCC(=O)OC. The van der Waals surface area contributed by atoms with E-state index < -0.39 is 6.04 Å². The highest BCUT2D eigenvalue weighted by Crippen LogP contribution is 2.19. The molecule has 0 spiro atoms. The Morgan fingerprint density at radius 1 is 0.719 bits per heavy atom. The molecule has 1 atom stereocenters. The Hall–Kier alpha value is -2.91. The Balaban J connectivity index is 1.92. The van der Waals surface area contributed by atoms with Gasteiger partial charge in [-0.25, -0.2) is 0 Å².